The first-order valence-electron chi connectivity index (χ1n) is 8.39. The molecule has 1 atom stereocenters. The van der Waals surface area contributed by atoms with Crippen molar-refractivity contribution in [2.75, 3.05) is 24.1 Å². The summed E-state index contributed by atoms with van der Waals surface area (Å²) in [5.74, 6) is -0.191. The van der Waals surface area contributed by atoms with Crippen molar-refractivity contribution < 1.29 is 18.0 Å². The first kappa shape index (κ1) is 19.2. The SMILES string of the molecule is CC(NC(=O)CN1CCCCCC1=O)c1cccc(NS(C)(=O)=O)c1. The van der Waals surface area contributed by atoms with E-state index in [0.717, 1.165) is 31.1 Å². The Bertz CT molecular complexity index is 733. The predicted molar refractivity (Wildman–Crippen MR) is 96.5 cm³/mol. The van der Waals surface area contributed by atoms with Crippen molar-refractivity contribution in [2.45, 2.75) is 38.6 Å². The van der Waals surface area contributed by atoms with Crippen LogP contribution in [-0.2, 0) is 19.6 Å². The number of amides is 2. The molecule has 1 heterocycles. The molecule has 2 rings (SSSR count). The van der Waals surface area contributed by atoms with Gasteiger partial charge in [-0.1, -0.05) is 18.6 Å². The molecule has 0 aromatic heterocycles. The molecule has 1 fully saturated rings. The third kappa shape index (κ3) is 6.38. The van der Waals surface area contributed by atoms with Gasteiger partial charge in [0.15, 0.2) is 0 Å². The van der Waals surface area contributed by atoms with Crippen molar-refractivity contribution >= 4 is 27.5 Å². The van der Waals surface area contributed by atoms with Gasteiger partial charge in [0.05, 0.1) is 18.8 Å². The van der Waals surface area contributed by atoms with E-state index in [4.69, 9.17) is 0 Å². The van der Waals surface area contributed by atoms with Crippen LogP contribution in [0.2, 0.25) is 0 Å². The molecule has 2 N–H and O–H groups in total. The van der Waals surface area contributed by atoms with Gasteiger partial charge < -0.3 is 10.2 Å². The van der Waals surface area contributed by atoms with Gasteiger partial charge in [-0.2, -0.15) is 0 Å². The Labute approximate surface area is 148 Å². The molecule has 25 heavy (non-hydrogen) atoms. The fraction of sp³-hybridized carbons (Fsp3) is 0.529. The lowest BCUT2D eigenvalue weighted by Crippen LogP contribution is -2.41. The van der Waals surface area contributed by atoms with Gasteiger partial charge >= 0.3 is 0 Å². The van der Waals surface area contributed by atoms with E-state index in [2.05, 4.69) is 10.0 Å². The van der Waals surface area contributed by atoms with Crippen LogP contribution < -0.4 is 10.0 Å². The van der Waals surface area contributed by atoms with E-state index in [-0.39, 0.29) is 24.4 Å². The van der Waals surface area contributed by atoms with Crippen molar-refractivity contribution in [1.82, 2.24) is 10.2 Å². The van der Waals surface area contributed by atoms with Gasteiger partial charge in [-0.15, -0.1) is 0 Å². The zero-order valence-electron chi connectivity index (χ0n) is 14.6. The first-order valence-corrected chi connectivity index (χ1v) is 10.3. The van der Waals surface area contributed by atoms with Crippen molar-refractivity contribution in [3.05, 3.63) is 29.8 Å². The number of hydrogen-bond acceptors (Lipinski definition) is 4. The molecular weight excluding hydrogens is 342 g/mol. The maximum atomic E-state index is 12.3. The number of nitrogens with zero attached hydrogens (tertiary/aromatic N) is 1. The van der Waals surface area contributed by atoms with Gasteiger partial charge in [-0.25, -0.2) is 8.42 Å². The first-order chi connectivity index (χ1) is 11.7. The normalized spacial score (nSPS) is 16.9. The lowest BCUT2D eigenvalue weighted by atomic mass is 10.1. The summed E-state index contributed by atoms with van der Waals surface area (Å²) >= 11 is 0. The van der Waals surface area contributed by atoms with Crippen LogP contribution in [0.5, 0.6) is 0 Å². The van der Waals surface area contributed by atoms with E-state index < -0.39 is 10.0 Å². The molecule has 0 bridgehead atoms. The average molecular weight is 367 g/mol. The highest BCUT2D eigenvalue weighted by Crippen LogP contribution is 2.18. The van der Waals surface area contributed by atoms with Crippen molar-refractivity contribution in [3.63, 3.8) is 0 Å². The number of likely N-dealkylation sites (tertiary alicyclic amines) is 1. The molecule has 1 aromatic carbocycles. The molecule has 1 saturated heterocycles. The van der Waals surface area contributed by atoms with Gasteiger partial charge in [0, 0.05) is 18.7 Å². The standard InChI is InChI=1S/C17H25N3O4S/c1-13(14-7-6-8-15(11-14)19-25(2,23)24)18-16(21)12-20-10-5-3-4-9-17(20)22/h6-8,11,13,19H,3-5,9-10,12H2,1-2H3,(H,18,21). The highest BCUT2D eigenvalue weighted by Gasteiger charge is 2.20. The second-order valence-corrected chi connectivity index (χ2v) is 8.16. The maximum Gasteiger partial charge on any atom is 0.240 e. The molecule has 1 aliphatic rings. The van der Waals surface area contributed by atoms with Crippen molar-refractivity contribution in [2.24, 2.45) is 0 Å². The number of benzene rings is 1. The molecule has 7 nitrogen and oxygen atoms in total. The van der Waals surface area contributed by atoms with Gasteiger partial charge in [0.2, 0.25) is 21.8 Å². The molecule has 0 aliphatic carbocycles. The second-order valence-electron chi connectivity index (χ2n) is 6.41. The van der Waals surface area contributed by atoms with Crippen LogP contribution in [0.25, 0.3) is 0 Å². The van der Waals surface area contributed by atoms with Crippen molar-refractivity contribution in [3.8, 4) is 0 Å². The summed E-state index contributed by atoms with van der Waals surface area (Å²) in [4.78, 5) is 25.8. The van der Waals surface area contributed by atoms with Gasteiger partial charge in [0.1, 0.15) is 0 Å². The van der Waals surface area contributed by atoms with Gasteiger partial charge in [-0.3, -0.25) is 14.3 Å². The summed E-state index contributed by atoms with van der Waals surface area (Å²) in [5.41, 5.74) is 1.23. The molecule has 8 heteroatoms. The van der Waals surface area contributed by atoms with Crippen LogP contribution in [-0.4, -0.2) is 44.5 Å². The number of hydrogen-bond donors (Lipinski definition) is 2. The quantitative estimate of drug-likeness (QED) is 0.799. The third-order valence-corrected chi connectivity index (χ3v) is 4.68. The Morgan fingerprint density at radius 1 is 1.28 bits per heavy atom. The van der Waals surface area contributed by atoms with Gasteiger partial charge in [-0.05, 0) is 37.5 Å². The predicted octanol–water partition coefficient (Wildman–Crippen LogP) is 1.64. The smallest absolute Gasteiger partial charge is 0.240 e. The number of carbonyl (C=O) groups is 2. The fourth-order valence-electron chi connectivity index (χ4n) is 2.84. The largest absolute Gasteiger partial charge is 0.348 e. The van der Waals surface area contributed by atoms with Crippen LogP contribution in [0.3, 0.4) is 0 Å². The minimum atomic E-state index is -3.35. The maximum absolute atomic E-state index is 12.3. The zero-order chi connectivity index (χ0) is 18.4. The molecule has 1 aromatic rings. The number of anilines is 1. The van der Waals surface area contributed by atoms with E-state index in [0.29, 0.717) is 18.7 Å². The third-order valence-electron chi connectivity index (χ3n) is 4.07. The number of nitrogens with one attached hydrogen (secondary N) is 2. The van der Waals surface area contributed by atoms with Crippen LogP contribution in [0.4, 0.5) is 5.69 Å². The van der Waals surface area contributed by atoms with E-state index in [1.807, 2.05) is 13.0 Å². The van der Waals surface area contributed by atoms with E-state index in [1.165, 1.54) is 0 Å². The Kier molecular flexibility index (Phi) is 6.41. The topological polar surface area (TPSA) is 95.6 Å². The Morgan fingerprint density at radius 2 is 2.04 bits per heavy atom. The average Bonchev–Trinajstić information content (AvgIpc) is 2.71. The summed E-state index contributed by atoms with van der Waals surface area (Å²) in [7, 11) is -3.35. The summed E-state index contributed by atoms with van der Waals surface area (Å²) in [6, 6.07) is 6.58. The molecule has 1 unspecified atom stereocenters. The molecule has 1 aliphatic heterocycles. The van der Waals surface area contributed by atoms with E-state index in [9.17, 15) is 18.0 Å². The lowest BCUT2D eigenvalue weighted by molar-refractivity contribution is -0.135. The molecule has 0 saturated carbocycles. The van der Waals surface area contributed by atoms with E-state index >= 15 is 0 Å². The molecule has 138 valence electrons. The molecule has 0 radical (unpaired) electrons. The minimum Gasteiger partial charge on any atom is -0.348 e. The van der Waals surface area contributed by atoms with Crippen molar-refractivity contribution in [1.29, 1.82) is 0 Å². The number of carbonyl (C=O) groups excluding carboxylic acids is 2. The monoisotopic (exact) mass is 367 g/mol. The molecular formula is C17H25N3O4S. The molecule has 2 amide bonds. The van der Waals surface area contributed by atoms with Crippen LogP contribution in [0, 0.1) is 0 Å². The van der Waals surface area contributed by atoms with Gasteiger partial charge in [0.25, 0.3) is 0 Å². The summed E-state index contributed by atoms with van der Waals surface area (Å²) in [6.07, 6.45) is 4.41. The summed E-state index contributed by atoms with van der Waals surface area (Å²) in [5, 5.41) is 2.86. The highest BCUT2D eigenvalue weighted by molar-refractivity contribution is 7.92. The number of rotatable bonds is 6. The highest BCUT2D eigenvalue weighted by atomic mass is 32.2. The minimum absolute atomic E-state index is 0.0275. The zero-order valence-corrected chi connectivity index (χ0v) is 15.4. The number of sulfonamides is 1. The fourth-order valence-corrected chi connectivity index (χ4v) is 3.39. The summed E-state index contributed by atoms with van der Waals surface area (Å²) < 4.78 is 25.1. The van der Waals surface area contributed by atoms with E-state index in [1.54, 1.807) is 23.1 Å². The molecule has 0 spiro atoms. The Morgan fingerprint density at radius 3 is 2.76 bits per heavy atom. The second kappa shape index (κ2) is 8.33. The lowest BCUT2D eigenvalue weighted by Gasteiger charge is -2.22. The Balaban J connectivity index is 1.96. The van der Waals surface area contributed by atoms with Crippen LogP contribution in [0.15, 0.2) is 24.3 Å². The Hall–Kier alpha value is -2.09. The van der Waals surface area contributed by atoms with Crippen LogP contribution >= 0.6 is 0 Å². The van der Waals surface area contributed by atoms with Crippen LogP contribution in [0.1, 0.15) is 44.2 Å². The summed E-state index contributed by atoms with van der Waals surface area (Å²) in [6.45, 7) is 2.50.